The Morgan fingerprint density at radius 1 is 0.929 bits per heavy atom. The van der Waals surface area contributed by atoms with Crippen molar-refractivity contribution in [2.45, 2.75) is 94.1 Å². The highest BCUT2D eigenvalue weighted by atomic mass is 32.1. The number of carbonyl (C=O) groups excluding carboxylic acids is 2. The van der Waals surface area contributed by atoms with Gasteiger partial charge in [-0.25, -0.2) is 4.79 Å². The van der Waals surface area contributed by atoms with Crippen molar-refractivity contribution < 1.29 is 69.0 Å². The van der Waals surface area contributed by atoms with Crippen molar-refractivity contribution in [1.82, 2.24) is 15.5 Å². The van der Waals surface area contributed by atoms with E-state index in [1.54, 1.807) is 20.8 Å². The average molecular weight is 630 g/mol. The molecule has 2 fully saturated rings. The summed E-state index contributed by atoms with van der Waals surface area (Å²) in [7, 11) is 1.18. The highest BCUT2D eigenvalue weighted by Gasteiger charge is 2.46. The Balaban J connectivity index is 2.08. The summed E-state index contributed by atoms with van der Waals surface area (Å²) in [4.78, 5) is 25.0. The predicted octanol–water partition coefficient (Wildman–Crippen LogP) is -4.13. The first kappa shape index (κ1) is 36.2. The van der Waals surface area contributed by atoms with E-state index in [4.69, 9.17) is 31.2 Å². The lowest BCUT2D eigenvalue weighted by Crippen LogP contribution is -2.65. The van der Waals surface area contributed by atoms with Gasteiger partial charge in [-0.2, -0.15) is 0 Å². The second-order valence-corrected chi connectivity index (χ2v) is 11.2. The maximum atomic E-state index is 11.8. The number of esters is 1. The van der Waals surface area contributed by atoms with Crippen LogP contribution in [-0.4, -0.2) is 165 Å². The molecule has 10 atom stereocenters. The summed E-state index contributed by atoms with van der Waals surface area (Å²) in [5.41, 5.74) is -0.709. The van der Waals surface area contributed by atoms with E-state index < -0.39 is 85.6 Å². The van der Waals surface area contributed by atoms with Crippen LogP contribution in [0.2, 0.25) is 0 Å². The summed E-state index contributed by atoms with van der Waals surface area (Å²) in [5, 5.41) is 76.3. The van der Waals surface area contributed by atoms with Crippen LogP contribution in [0, 0.1) is 0 Å². The highest BCUT2D eigenvalue weighted by molar-refractivity contribution is 7.80. The molecule has 0 unspecified atom stereocenters. The number of nitrogens with one attached hydrogen (secondary N) is 2. The molecule has 0 bridgehead atoms. The molecule has 2 rings (SSSR count). The van der Waals surface area contributed by atoms with Gasteiger partial charge in [0.25, 0.3) is 0 Å². The third-order valence-corrected chi connectivity index (χ3v) is 6.76. The fraction of sp³-hybridized carbons (Fsp3) is 0.875. The van der Waals surface area contributed by atoms with Gasteiger partial charge in [0.1, 0.15) is 54.4 Å². The van der Waals surface area contributed by atoms with E-state index >= 15 is 0 Å². The van der Waals surface area contributed by atoms with Crippen LogP contribution in [0.15, 0.2) is 0 Å². The number of nitrogens with zero attached hydrogens (tertiary/aromatic N) is 1. The summed E-state index contributed by atoms with van der Waals surface area (Å²) in [6.07, 6.45) is -16.1. The SMILES string of the molecule is COC(=O)CCN(C[C@H]1O[C@H](OCCNC(=O)OC(C)(C)C)[C@@H](O)[C@@H](O)[C@@H]1O)C(=S)N[C@H]1O[C@H](CO)[C@@H](O)[C@H](O)[C@@H]1O. The van der Waals surface area contributed by atoms with E-state index in [1.807, 2.05) is 0 Å². The molecule has 0 aromatic carbocycles. The largest absolute Gasteiger partial charge is 0.469 e. The lowest BCUT2D eigenvalue weighted by molar-refractivity contribution is -0.296. The minimum atomic E-state index is -1.71. The van der Waals surface area contributed by atoms with Crippen molar-refractivity contribution in [2.24, 2.45) is 0 Å². The number of methoxy groups -OCH3 is 1. The van der Waals surface area contributed by atoms with Gasteiger partial charge < -0.3 is 75.0 Å². The number of ether oxygens (including phenoxy) is 5. The smallest absolute Gasteiger partial charge is 0.407 e. The Labute approximate surface area is 248 Å². The van der Waals surface area contributed by atoms with E-state index in [0.717, 1.165) is 0 Å². The number of thiocarbonyl (C=S) groups is 1. The molecule has 0 saturated carbocycles. The number of alkyl carbamates (subject to hydrolysis) is 1. The number of rotatable bonds is 11. The molecule has 42 heavy (non-hydrogen) atoms. The zero-order chi connectivity index (χ0) is 31.8. The van der Waals surface area contributed by atoms with Crippen molar-refractivity contribution in [3.8, 4) is 0 Å². The number of aliphatic hydroxyl groups is 7. The van der Waals surface area contributed by atoms with E-state index in [9.17, 15) is 45.3 Å². The molecule has 9 N–H and O–H groups in total. The zero-order valence-corrected chi connectivity index (χ0v) is 24.7. The molecule has 0 aromatic rings. The Bertz CT molecular complexity index is 893. The van der Waals surface area contributed by atoms with Crippen molar-refractivity contribution >= 4 is 29.4 Å². The first-order chi connectivity index (χ1) is 19.6. The van der Waals surface area contributed by atoms with E-state index in [0.29, 0.717) is 0 Å². The van der Waals surface area contributed by atoms with E-state index in [2.05, 4.69) is 15.4 Å². The molecule has 0 spiro atoms. The van der Waals surface area contributed by atoms with Crippen molar-refractivity contribution in [1.29, 1.82) is 0 Å². The van der Waals surface area contributed by atoms with Crippen LogP contribution >= 0.6 is 12.2 Å². The fourth-order valence-corrected chi connectivity index (χ4v) is 4.38. The molecule has 2 heterocycles. The van der Waals surface area contributed by atoms with Crippen LogP contribution < -0.4 is 10.6 Å². The lowest BCUT2D eigenvalue weighted by atomic mass is 9.98. The number of hydrogen-bond donors (Lipinski definition) is 9. The molecule has 2 aliphatic rings. The lowest BCUT2D eigenvalue weighted by Gasteiger charge is -2.43. The normalized spacial score (nSPS) is 33.4. The van der Waals surface area contributed by atoms with Gasteiger partial charge in [0.2, 0.25) is 0 Å². The maximum absolute atomic E-state index is 11.8. The highest BCUT2D eigenvalue weighted by Crippen LogP contribution is 2.24. The molecule has 17 nitrogen and oxygen atoms in total. The third kappa shape index (κ3) is 10.3. The first-order valence-electron chi connectivity index (χ1n) is 13.3. The monoisotopic (exact) mass is 629 g/mol. The number of hydrogen-bond acceptors (Lipinski definition) is 15. The van der Waals surface area contributed by atoms with Gasteiger partial charge in [0, 0.05) is 19.6 Å². The molecular formula is C24H43N3O14S. The molecule has 0 aliphatic carbocycles. The van der Waals surface area contributed by atoms with Gasteiger partial charge in [-0.15, -0.1) is 0 Å². The summed E-state index contributed by atoms with van der Waals surface area (Å²) in [6, 6.07) is 0. The summed E-state index contributed by atoms with van der Waals surface area (Å²) in [5.74, 6) is -0.602. The number of aliphatic hydroxyl groups excluding tert-OH is 7. The van der Waals surface area contributed by atoms with Gasteiger partial charge in [0.15, 0.2) is 17.6 Å². The molecule has 18 heteroatoms. The van der Waals surface area contributed by atoms with Gasteiger partial charge in [0.05, 0.1) is 26.7 Å². The maximum Gasteiger partial charge on any atom is 0.407 e. The molecule has 1 amide bonds. The van der Waals surface area contributed by atoms with Crippen LogP contribution in [-0.2, 0) is 28.5 Å². The van der Waals surface area contributed by atoms with E-state index in [-0.39, 0.29) is 37.8 Å². The van der Waals surface area contributed by atoms with Crippen molar-refractivity contribution in [2.75, 3.05) is 40.0 Å². The topological polar surface area (TPSA) is 249 Å². The van der Waals surface area contributed by atoms with E-state index in [1.165, 1.54) is 12.0 Å². The zero-order valence-electron chi connectivity index (χ0n) is 23.9. The van der Waals surface area contributed by atoms with Crippen molar-refractivity contribution in [3.05, 3.63) is 0 Å². The number of amides is 1. The Morgan fingerprint density at radius 3 is 2.14 bits per heavy atom. The Kier molecular flexibility index (Phi) is 14.0. The van der Waals surface area contributed by atoms with Gasteiger partial charge in [-0.1, -0.05) is 0 Å². The quantitative estimate of drug-likeness (QED) is 0.0598. The minimum Gasteiger partial charge on any atom is -0.469 e. The van der Waals surface area contributed by atoms with Gasteiger partial charge in [-0.3, -0.25) is 4.79 Å². The molecule has 244 valence electrons. The third-order valence-electron chi connectivity index (χ3n) is 6.38. The molecular weight excluding hydrogens is 586 g/mol. The minimum absolute atomic E-state index is 0.0246. The summed E-state index contributed by atoms with van der Waals surface area (Å²) < 4.78 is 26.4. The summed E-state index contributed by atoms with van der Waals surface area (Å²) in [6.45, 7) is 3.86. The predicted molar refractivity (Wildman–Crippen MR) is 145 cm³/mol. The molecule has 2 saturated heterocycles. The van der Waals surface area contributed by atoms with Gasteiger partial charge in [-0.05, 0) is 33.0 Å². The molecule has 0 aromatic heterocycles. The fourth-order valence-electron chi connectivity index (χ4n) is 4.10. The van der Waals surface area contributed by atoms with Crippen LogP contribution in [0.25, 0.3) is 0 Å². The van der Waals surface area contributed by atoms with Crippen LogP contribution in [0.3, 0.4) is 0 Å². The van der Waals surface area contributed by atoms with Crippen LogP contribution in [0.1, 0.15) is 27.2 Å². The molecule has 2 aliphatic heterocycles. The second kappa shape index (κ2) is 16.2. The number of carbonyl (C=O) groups is 2. The Hall–Kier alpha value is -1.97. The second-order valence-electron chi connectivity index (χ2n) is 10.8. The Morgan fingerprint density at radius 2 is 1.55 bits per heavy atom. The standard InChI is InChI=1S/C24H43N3O14S/c1-24(2,3)41-23(36)25-6-8-38-21-19(35)17(33)14(30)11(40-21)9-27(7-5-13(29)37-4)22(42)26-20-18(34)16(32)15(31)12(10-28)39-20/h11-12,14-21,28,30-35H,5-10H2,1-4H3,(H,25,36)(H,26,42)/t11-,12-,14-,15-,16+,17+,18+,19+,20+,21+/m1/s1. The van der Waals surface area contributed by atoms with Crippen LogP contribution in [0.5, 0.6) is 0 Å². The van der Waals surface area contributed by atoms with Crippen LogP contribution in [0.4, 0.5) is 4.79 Å². The molecule has 0 radical (unpaired) electrons. The van der Waals surface area contributed by atoms with Gasteiger partial charge >= 0.3 is 12.1 Å². The first-order valence-corrected chi connectivity index (χ1v) is 13.7. The van der Waals surface area contributed by atoms with Crippen molar-refractivity contribution in [3.63, 3.8) is 0 Å². The average Bonchev–Trinajstić information content (AvgIpc) is 2.92. The summed E-state index contributed by atoms with van der Waals surface area (Å²) >= 11 is 5.41.